The molecule has 16 heavy (non-hydrogen) atoms. The third-order valence-corrected chi connectivity index (χ3v) is 2.58. The lowest BCUT2D eigenvalue weighted by atomic mass is 9.98. The van der Waals surface area contributed by atoms with Crippen molar-refractivity contribution in [2.45, 2.75) is 39.3 Å². The van der Waals surface area contributed by atoms with Gasteiger partial charge in [-0.1, -0.05) is 13.0 Å². The van der Waals surface area contributed by atoms with Gasteiger partial charge in [-0.15, -0.1) is 12.4 Å². The van der Waals surface area contributed by atoms with Gasteiger partial charge in [-0.3, -0.25) is 0 Å². The van der Waals surface area contributed by atoms with E-state index in [9.17, 15) is 0 Å². The Kier molecular flexibility index (Phi) is 4.56. The lowest BCUT2D eigenvalue weighted by Crippen LogP contribution is -2.27. The summed E-state index contributed by atoms with van der Waals surface area (Å²) in [6, 6.07) is 4.07. The topological polar surface area (TPSA) is 34.1 Å². The van der Waals surface area contributed by atoms with E-state index in [1.807, 2.05) is 19.9 Å². The lowest BCUT2D eigenvalue weighted by molar-refractivity contribution is 0.231. The van der Waals surface area contributed by atoms with Crippen molar-refractivity contribution in [3.63, 3.8) is 0 Å². The zero-order valence-electron chi connectivity index (χ0n) is 9.99. The summed E-state index contributed by atoms with van der Waals surface area (Å²) in [4.78, 5) is 4.57. The molecule has 0 fully saturated rings. The van der Waals surface area contributed by atoms with Crippen LogP contribution >= 0.6 is 12.4 Å². The zero-order chi connectivity index (χ0) is 10.8. The molecule has 1 aliphatic heterocycles. The second-order valence-electron chi connectivity index (χ2n) is 4.39. The number of ether oxygens (including phenoxy) is 1. The number of pyridine rings is 1. The first-order valence-corrected chi connectivity index (χ1v) is 5.54. The molecule has 2 rings (SSSR count). The van der Waals surface area contributed by atoms with E-state index in [1.54, 1.807) is 0 Å². The van der Waals surface area contributed by atoms with E-state index >= 15 is 0 Å². The Morgan fingerprint density at radius 1 is 1.44 bits per heavy atom. The van der Waals surface area contributed by atoms with Crippen LogP contribution < -0.4 is 10.1 Å². The molecule has 2 heterocycles. The van der Waals surface area contributed by atoms with Crippen LogP contribution in [0.15, 0.2) is 12.1 Å². The molecule has 0 bridgehead atoms. The van der Waals surface area contributed by atoms with Crippen molar-refractivity contribution in [1.29, 1.82) is 0 Å². The Morgan fingerprint density at radius 3 is 2.88 bits per heavy atom. The summed E-state index contributed by atoms with van der Waals surface area (Å²) in [7, 11) is 0. The van der Waals surface area contributed by atoms with E-state index in [-0.39, 0.29) is 18.5 Å². The first-order valence-electron chi connectivity index (χ1n) is 5.54. The Hall–Kier alpha value is -0.800. The molecule has 0 radical (unpaired) electrons. The van der Waals surface area contributed by atoms with Gasteiger partial charge in [0.15, 0.2) is 0 Å². The van der Waals surface area contributed by atoms with E-state index < -0.39 is 0 Å². The highest BCUT2D eigenvalue weighted by molar-refractivity contribution is 5.85. The van der Waals surface area contributed by atoms with Gasteiger partial charge >= 0.3 is 0 Å². The first kappa shape index (κ1) is 13.3. The van der Waals surface area contributed by atoms with Gasteiger partial charge < -0.3 is 10.1 Å². The number of aromatic nitrogens is 1. The minimum atomic E-state index is 0. The second-order valence-corrected chi connectivity index (χ2v) is 4.39. The Labute approximate surface area is 103 Å². The van der Waals surface area contributed by atoms with Crippen molar-refractivity contribution in [2.75, 3.05) is 6.54 Å². The minimum Gasteiger partial charge on any atom is -0.475 e. The van der Waals surface area contributed by atoms with Crippen molar-refractivity contribution < 1.29 is 4.74 Å². The molecule has 0 aromatic carbocycles. The molecule has 4 heteroatoms. The van der Waals surface area contributed by atoms with Crippen LogP contribution in [0.25, 0.3) is 0 Å². The number of nitrogens with one attached hydrogen (secondary N) is 1. The lowest BCUT2D eigenvalue weighted by Gasteiger charge is -2.23. The Morgan fingerprint density at radius 2 is 2.19 bits per heavy atom. The average Bonchev–Trinajstić information content (AvgIpc) is 2.18. The highest BCUT2D eigenvalue weighted by Crippen LogP contribution is 2.24. The van der Waals surface area contributed by atoms with Crippen molar-refractivity contribution in [1.82, 2.24) is 10.3 Å². The van der Waals surface area contributed by atoms with E-state index in [0.717, 1.165) is 19.0 Å². The van der Waals surface area contributed by atoms with Gasteiger partial charge in [0.1, 0.15) is 0 Å². The number of hydrogen-bond donors (Lipinski definition) is 1. The molecule has 90 valence electrons. The number of halogens is 1. The quantitative estimate of drug-likeness (QED) is 0.865. The number of rotatable bonds is 2. The first-order chi connectivity index (χ1) is 7.16. The molecular formula is C12H19ClN2O. The summed E-state index contributed by atoms with van der Waals surface area (Å²) >= 11 is 0. The van der Waals surface area contributed by atoms with Crippen molar-refractivity contribution in [3.8, 4) is 5.88 Å². The monoisotopic (exact) mass is 242 g/mol. The summed E-state index contributed by atoms with van der Waals surface area (Å²) in [5.41, 5.74) is 2.48. The molecule has 1 unspecified atom stereocenters. The summed E-state index contributed by atoms with van der Waals surface area (Å²) < 4.78 is 5.60. The van der Waals surface area contributed by atoms with E-state index in [1.165, 1.54) is 11.3 Å². The fourth-order valence-electron chi connectivity index (χ4n) is 1.89. The smallest absolute Gasteiger partial charge is 0.213 e. The number of nitrogens with zero attached hydrogens (tertiary/aromatic N) is 1. The SMILES string of the molecule is CC(C)Oc1ccc2c(n1)C(C)CNC2.Cl. The van der Waals surface area contributed by atoms with Crippen molar-refractivity contribution >= 4 is 12.4 Å². The maximum Gasteiger partial charge on any atom is 0.213 e. The van der Waals surface area contributed by atoms with E-state index in [4.69, 9.17) is 4.74 Å². The number of hydrogen-bond acceptors (Lipinski definition) is 3. The molecule has 1 atom stereocenters. The molecule has 0 saturated heterocycles. The Bertz CT molecular complexity index is 355. The molecule has 0 aliphatic carbocycles. The molecule has 1 aliphatic rings. The van der Waals surface area contributed by atoms with Crippen LogP contribution in [-0.4, -0.2) is 17.6 Å². The van der Waals surface area contributed by atoms with Gasteiger partial charge in [-0.25, -0.2) is 4.98 Å². The molecule has 0 saturated carbocycles. The summed E-state index contributed by atoms with van der Waals surface area (Å²) in [5, 5.41) is 3.37. The summed E-state index contributed by atoms with van der Waals surface area (Å²) in [6.45, 7) is 8.16. The molecular weight excluding hydrogens is 224 g/mol. The average molecular weight is 243 g/mol. The van der Waals surface area contributed by atoms with Crippen LogP contribution in [0.2, 0.25) is 0 Å². The van der Waals surface area contributed by atoms with Crippen LogP contribution in [-0.2, 0) is 6.54 Å². The van der Waals surface area contributed by atoms with Crippen molar-refractivity contribution in [2.24, 2.45) is 0 Å². The summed E-state index contributed by atoms with van der Waals surface area (Å²) in [6.07, 6.45) is 0.188. The predicted molar refractivity (Wildman–Crippen MR) is 67.4 cm³/mol. The zero-order valence-corrected chi connectivity index (χ0v) is 10.8. The van der Waals surface area contributed by atoms with Crippen molar-refractivity contribution in [3.05, 3.63) is 23.4 Å². The Balaban J connectivity index is 0.00000128. The standard InChI is InChI=1S/C12H18N2O.ClH/c1-8(2)15-11-5-4-10-7-13-6-9(3)12(10)14-11;/h4-5,8-9,13H,6-7H2,1-3H3;1H. The largest absolute Gasteiger partial charge is 0.475 e. The van der Waals surface area contributed by atoms with Gasteiger partial charge in [-0.05, 0) is 19.4 Å². The minimum absolute atomic E-state index is 0. The highest BCUT2D eigenvalue weighted by atomic mass is 35.5. The van der Waals surface area contributed by atoms with Crippen LogP contribution in [0, 0.1) is 0 Å². The molecule has 3 nitrogen and oxygen atoms in total. The van der Waals surface area contributed by atoms with Gasteiger partial charge in [-0.2, -0.15) is 0 Å². The van der Waals surface area contributed by atoms with Crippen LogP contribution in [0.3, 0.4) is 0 Å². The van der Waals surface area contributed by atoms with Gasteiger partial charge in [0, 0.05) is 25.1 Å². The fraction of sp³-hybridized carbons (Fsp3) is 0.583. The number of fused-ring (bicyclic) bond motifs is 1. The third-order valence-electron chi connectivity index (χ3n) is 2.58. The highest BCUT2D eigenvalue weighted by Gasteiger charge is 2.18. The van der Waals surface area contributed by atoms with E-state index in [2.05, 4.69) is 23.3 Å². The fourth-order valence-corrected chi connectivity index (χ4v) is 1.89. The maximum atomic E-state index is 5.60. The predicted octanol–water partition coefficient (Wildman–Crippen LogP) is 2.50. The van der Waals surface area contributed by atoms with E-state index in [0.29, 0.717) is 5.92 Å². The van der Waals surface area contributed by atoms with Crippen LogP contribution in [0.5, 0.6) is 5.88 Å². The van der Waals surface area contributed by atoms with Gasteiger partial charge in [0.2, 0.25) is 5.88 Å². The molecule has 1 aromatic heterocycles. The molecule has 1 aromatic rings. The third kappa shape index (κ3) is 2.86. The van der Waals surface area contributed by atoms with Gasteiger partial charge in [0.05, 0.1) is 11.8 Å². The summed E-state index contributed by atoms with van der Waals surface area (Å²) in [5.74, 6) is 1.22. The molecule has 1 N–H and O–H groups in total. The molecule has 0 amide bonds. The van der Waals surface area contributed by atoms with Crippen LogP contribution in [0.1, 0.15) is 37.9 Å². The van der Waals surface area contributed by atoms with Gasteiger partial charge in [0.25, 0.3) is 0 Å². The molecule has 0 spiro atoms. The normalized spacial score (nSPS) is 18.9. The second kappa shape index (κ2) is 5.51. The maximum absolute atomic E-state index is 5.60. The van der Waals surface area contributed by atoms with Crippen LogP contribution in [0.4, 0.5) is 0 Å².